The Hall–Kier alpha value is 3.57. The Labute approximate surface area is 284 Å². The van der Waals surface area contributed by atoms with E-state index in [1.807, 2.05) is 0 Å². The molecule has 1 fully saturated rings. The molecule has 0 aliphatic heterocycles. The summed E-state index contributed by atoms with van der Waals surface area (Å²) in [5.41, 5.74) is 0. The molecule has 0 spiro atoms. The van der Waals surface area contributed by atoms with E-state index >= 15 is 0 Å². The van der Waals surface area contributed by atoms with E-state index in [4.69, 9.17) is 69.6 Å². The second-order valence-electron chi connectivity index (χ2n) is 7.55. The van der Waals surface area contributed by atoms with Gasteiger partial charge in [-0.05, 0) is 13.3 Å². The molecule has 0 heterocycles. The molecule has 0 saturated heterocycles. The summed E-state index contributed by atoms with van der Waals surface area (Å²) in [6.07, 6.45) is 12.0. The number of hydrogen-bond donors (Lipinski definition) is 0. The van der Waals surface area contributed by atoms with Gasteiger partial charge in [0.15, 0.2) is 0 Å². The summed E-state index contributed by atoms with van der Waals surface area (Å²) in [4.78, 5) is 4.34. The Morgan fingerprint density at radius 1 is 0.618 bits per heavy atom. The van der Waals surface area contributed by atoms with E-state index in [1.165, 1.54) is 44.9 Å². The summed E-state index contributed by atoms with van der Waals surface area (Å²) in [5.74, 6) is 0. The number of rotatable bonds is 15. The largest absolute Gasteiger partial charge is 1.00 e. The van der Waals surface area contributed by atoms with Crippen LogP contribution in [0.5, 0.6) is 0 Å². The van der Waals surface area contributed by atoms with Gasteiger partial charge in [-0.3, -0.25) is 0 Å². The quantitative estimate of drug-likeness (QED) is 0.0895. The molecule has 0 amide bonds. The van der Waals surface area contributed by atoms with Gasteiger partial charge < -0.3 is 2.85 Å². The van der Waals surface area contributed by atoms with Gasteiger partial charge in [-0.1, -0.05) is 69.0 Å². The smallest absolute Gasteiger partial charge is 1.00 e. The molecule has 1 aliphatic carbocycles. The molecule has 1 saturated carbocycles. The molecule has 0 aromatic carbocycles. The fourth-order valence-corrected chi connectivity index (χ4v) is 5.83. The van der Waals surface area contributed by atoms with Crippen molar-refractivity contribution in [3.05, 3.63) is 0 Å². The third-order valence-corrected chi connectivity index (χ3v) is 9.55. The van der Waals surface area contributed by atoms with Crippen LogP contribution in [0.4, 0.5) is 0 Å². The van der Waals surface area contributed by atoms with Crippen molar-refractivity contribution in [3.63, 3.8) is 0 Å². The van der Waals surface area contributed by atoms with E-state index in [9.17, 15) is 8.42 Å². The van der Waals surface area contributed by atoms with Gasteiger partial charge in [0, 0.05) is 0 Å². The normalized spacial score (nSPS) is 26.6. The molecule has 0 atom stereocenters. The van der Waals surface area contributed by atoms with Crippen LogP contribution in [0, 0.1) is 0 Å². The Morgan fingerprint density at radius 3 is 1.26 bits per heavy atom. The van der Waals surface area contributed by atoms with Crippen LogP contribution < -0.4 is 59.1 Å². The summed E-state index contributed by atoms with van der Waals surface area (Å²) in [6.45, 7) is 4.19. The minimum atomic E-state index is -3.98. The minimum absolute atomic E-state index is 0. The Bertz CT molecular complexity index is 520. The number of hydrogen-bond acceptors (Lipinski definition) is 5. The van der Waals surface area contributed by atoms with Gasteiger partial charge in [0.1, 0.15) is 0 Å². The zero-order valence-electron chi connectivity index (χ0n) is 22.7. The molecule has 0 aromatic heterocycles. The van der Waals surface area contributed by atoms with Crippen LogP contribution in [0.25, 0.3) is 0 Å². The maximum atomic E-state index is 11.1. The molecule has 1 rings (SSSR count). The van der Waals surface area contributed by atoms with Crippen LogP contribution >= 0.6 is 69.6 Å². The second kappa shape index (κ2) is 25.5. The van der Waals surface area contributed by atoms with Gasteiger partial charge in [0.25, 0.3) is 0 Å². The Morgan fingerprint density at radius 2 is 0.941 bits per heavy atom. The molecule has 0 aromatic rings. The Balaban J connectivity index is -0.000000174. The maximum Gasteiger partial charge on any atom is 1.00 e. The van der Waals surface area contributed by atoms with Gasteiger partial charge in [-0.25, -0.2) is 9.07 Å². The first-order valence-corrected chi connectivity index (χ1v) is 15.1. The molecule has 0 N–H and O–H groups in total. The first-order chi connectivity index (χ1) is 15.1. The van der Waals surface area contributed by atoms with Crippen molar-refractivity contribution in [3.8, 4) is 0 Å². The van der Waals surface area contributed by atoms with E-state index in [1.54, 1.807) is 6.92 Å². The second-order valence-corrected chi connectivity index (χ2v) is 11.8. The first-order valence-electron chi connectivity index (χ1n) is 11.1. The maximum absolute atomic E-state index is 11.1. The number of halogens is 6. The zero-order valence-corrected chi connectivity index (χ0v) is 30.0. The molecule has 5 nitrogen and oxygen atoms in total. The van der Waals surface area contributed by atoms with E-state index in [2.05, 4.69) is 20.3 Å². The predicted molar refractivity (Wildman–Crippen MR) is 139 cm³/mol. The van der Waals surface area contributed by atoms with Crippen LogP contribution in [-0.2, 0) is 23.8 Å². The summed E-state index contributed by atoms with van der Waals surface area (Å²) < 4.78 is 30.9. The van der Waals surface area contributed by atoms with Crippen molar-refractivity contribution < 1.29 is 83.8 Å². The van der Waals surface area contributed by atoms with Crippen molar-refractivity contribution in [2.24, 2.45) is 0 Å². The van der Waals surface area contributed by atoms with Crippen LogP contribution in [0.3, 0.4) is 0 Å². The molecule has 0 radical (unpaired) electrons. The first kappa shape index (κ1) is 42.0. The van der Waals surface area contributed by atoms with Gasteiger partial charge in [-0.15, -0.1) is 69.6 Å². The monoisotopic (exact) mass is 646 g/mol. The Kier molecular flexibility index (Phi) is 31.6. The van der Waals surface area contributed by atoms with Crippen LogP contribution in [0.1, 0.15) is 80.9 Å². The molecule has 14 heteroatoms. The third kappa shape index (κ3) is 19.6. The van der Waals surface area contributed by atoms with Gasteiger partial charge in [-0.2, -0.15) is 8.42 Å². The SMILES string of the molecule is CCCCCCCCCCCCOS(=O)(=O)OOCC.ClC1C(Cl)C(Cl)C(Cl)C(Cl)C1Cl.[H-].[H-].[Na+].[Na+]. The average molecular weight is 649 g/mol. The average Bonchev–Trinajstić information content (AvgIpc) is 2.77. The van der Waals surface area contributed by atoms with Crippen molar-refractivity contribution in [1.82, 2.24) is 0 Å². The van der Waals surface area contributed by atoms with Crippen molar-refractivity contribution >= 4 is 80.0 Å². The summed E-state index contributed by atoms with van der Waals surface area (Å²) >= 11 is 35.3. The van der Waals surface area contributed by atoms with Crippen molar-refractivity contribution in [2.75, 3.05) is 13.2 Å². The molecule has 198 valence electrons. The molecule has 0 bridgehead atoms. The summed E-state index contributed by atoms with van der Waals surface area (Å²) in [5, 5.41) is -2.62. The van der Waals surface area contributed by atoms with Crippen LogP contribution in [0.15, 0.2) is 0 Å². The fraction of sp³-hybridized carbons (Fsp3) is 1.00. The van der Waals surface area contributed by atoms with Gasteiger partial charge >= 0.3 is 69.5 Å². The van der Waals surface area contributed by atoms with Gasteiger partial charge in [0.05, 0.1) is 45.5 Å². The van der Waals surface area contributed by atoms with E-state index in [-0.39, 0.29) is 75.2 Å². The molecule has 1 aliphatic rings. The topological polar surface area (TPSA) is 61.8 Å². The minimum Gasteiger partial charge on any atom is -1.00 e. The van der Waals surface area contributed by atoms with Crippen LogP contribution in [-0.4, -0.2) is 53.9 Å². The molecule has 34 heavy (non-hydrogen) atoms. The van der Waals surface area contributed by atoms with E-state index < -0.39 is 42.7 Å². The number of unbranched alkanes of at least 4 members (excludes halogenated alkanes) is 9. The van der Waals surface area contributed by atoms with Crippen molar-refractivity contribution in [1.29, 1.82) is 0 Å². The fourth-order valence-electron chi connectivity index (χ4n) is 2.93. The van der Waals surface area contributed by atoms with E-state index in [0.29, 0.717) is 0 Å². The third-order valence-electron chi connectivity index (χ3n) is 4.80. The van der Waals surface area contributed by atoms with Crippen molar-refractivity contribution in [2.45, 2.75) is 110 Å². The molecular weight excluding hydrogens is 611 g/mol. The zero-order chi connectivity index (χ0) is 24.6. The standard InChI is InChI=1S/C14H30O5S.C6H6Cl6.2Na.2H/c1-3-5-6-7-8-9-10-11-12-13-14-18-20(15,16)19-17-4-2;7-1-2(8)4(10)6(12)5(11)3(1)9;;;;/h3-14H2,1-2H3;1-6H;;;;/q;;2*+1;2*-1. The van der Waals surface area contributed by atoms with E-state index in [0.717, 1.165) is 19.3 Å². The summed E-state index contributed by atoms with van der Waals surface area (Å²) in [7, 11) is -3.98. The summed E-state index contributed by atoms with van der Waals surface area (Å²) in [6, 6.07) is 0. The van der Waals surface area contributed by atoms with Crippen LogP contribution in [0.2, 0.25) is 0 Å². The van der Waals surface area contributed by atoms with Gasteiger partial charge in [0.2, 0.25) is 0 Å². The number of alkyl halides is 6. The molecule has 0 unspecified atom stereocenters. The predicted octanol–water partition coefficient (Wildman–Crippen LogP) is 2.01. The molecular formula is C20H38Cl6Na2O5S.